The van der Waals surface area contributed by atoms with Crippen LogP contribution in [0.5, 0.6) is 0 Å². The minimum atomic E-state index is -1.01. The lowest BCUT2D eigenvalue weighted by atomic mass is 10.1. The summed E-state index contributed by atoms with van der Waals surface area (Å²) in [5, 5.41) is 13.8. The number of amides is 1. The summed E-state index contributed by atoms with van der Waals surface area (Å²) in [6.07, 6.45) is 1.54. The molecule has 0 saturated carbocycles. The molecule has 0 fully saturated rings. The molecule has 0 spiro atoms. The molecule has 4 aromatic rings. The van der Waals surface area contributed by atoms with Crippen LogP contribution in [0.15, 0.2) is 97.2 Å². The summed E-state index contributed by atoms with van der Waals surface area (Å²) in [6, 6.07) is 28.7. The van der Waals surface area contributed by atoms with Gasteiger partial charge in [0, 0.05) is 12.0 Å². The van der Waals surface area contributed by atoms with E-state index in [-0.39, 0.29) is 11.7 Å². The number of aliphatic hydroxyl groups excluding tert-OH is 1. The van der Waals surface area contributed by atoms with Gasteiger partial charge in [-0.1, -0.05) is 91.0 Å². The molecule has 2 N–H and O–H groups in total. The fourth-order valence-electron chi connectivity index (χ4n) is 3.33. The van der Waals surface area contributed by atoms with Gasteiger partial charge < -0.3 is 10.4 Å². The van der Waals surface area contributed by atoms with Crippen LogP contribution >= 0.6 is 0 Å². The summed E-state index contributed by atoms with van der Waals surface area (Å²) in [7, 11) is 0. The highest BCUT2D eigenvalue weighted by Crippen LogP contribution is 2.28. The SMILES string of the molecule is O=C(CCc1ccccc1)Nc1ncc(-c2ccccc2)nc1C(O)c1ccccc1. The molecule has 4 rings (SSSR count). The average molecular weight is 409 g/mol. The van der Waals surface area contributed by atoms with Gasteiger partial charge in [0.1, 0.15) is 11.8 Å². The molecule has 1 amide bonds. The summed E-state index contributed by atoms with van der Waals surface area (Å²) < 4.78 is 0. The van der Waals surface area contributed by atoms with E-state index < -0.39 is 6.10 Å². The Hall–Kier alpha value is -3.83. The molecule has 1 heterocycles. The van der Waals surface area contributed by atoms with Crippen LogP contribution in [-0.4, -0.2) is 21.0 Å². The number of aromatic nitrogens is 2. The Morgan fingerprint density at radius 3 is 2.16 bits per heavy atom. The van der Waals surface area contributed by atoms with Gasteiger partial charge in [-0.25, -0.2) is 9.97 Å². The van der Waals surface area contributed by atoms with Crippen molar-refractivity contribution in [2.75, 3.05) is 5.32 Å². The van der Waals surface area contributed by atoms with E-state index in [1.54, 1.807) is 6.20 Å². The Kier molecular flexibility index (Phi) is 6.45. The van der Waals surface area contributed by atoms with Gasteiger partial charge in [-0.2, -0.15) is 0 Å². The number of hydrogen-bond donors (Lipinski definition) is 2. The van der Waals surface area contributed by atoms with Crippen LogP contribution in [0.4, 0.5) is 5.82 Å². The number of hydrogen-bond acceptors (Lipinski definition) is 4. The maximum absolute atomic E-state index is 12.6. The zero-order valence-electron chi connectivity index (χ0n) is 17.0. The van der Waals surface area contributed by atoms with Gasteiger partial charge in [0.05, 0.1) is 11.9 Å². The second-order valence-electron chi connectivity index (χ2n) is 7.20. The number of benzene rings is 3. The molecule has 1 unspecified atom stereocenters. The number of carbonyl (C=O) groups is 1. The van der Waals surface area contributed by atoms with Crippen LogP contribution in [0.1, 0.15) is 29.3 Å². The van der Waals surface area contributed by atoms with Crippen molar-refractivity contribution in [1.82, 2.24) is 9.97 Å². The normalized spacial score (nSPS) is 11.6. The molecule has 0 radical (unpaired) electrons. The van der Waals surface area contributed by atoms with Gasteiger partial charge >= 0.3 is 0 Å². The van der Waals surface area contributed by atoms with Crippen molar-refractivity contribution >= 4 is 11.7 Å². The van der Waals surface area contributed by atoms with Crippen molar-refractivity contribution in [2.24, 2.45) is 0 Å². The Balaban J connectivity index is 1.60. The smallest absolute Gasteiger partial charge is 0.225 e. The number of aryl methyl sites for hydroxylation is 1. The van der Waals surface area contributed by atoms with E-state index in [0.29, 0.717) is 29.8 Å². The number of rotatable bonds is 7. The Bertz CT molecular complexity index is 1130. The monoisotopic (exact) mass is 409 g/mol. The van der Waals surface area contributed by atoms with Crippen molar-refractivity contribution in [1.29, 1.82) is 0 Å². The summed E-state index contributed by atoms with van der Waals surface area (Å²) in [6.45, 7) is 0. The molecule has 5 heteroatoms. The van der Waals surface area contributed by atoms with Crippen molar-refractivity contribution in [2.45, 2.75) is 18.9 Å². The van der Waals surface area contributed by atoms with Gasteiger partial charge in [0.25, 0.3) is 0 Å². The van der Waals surface area contributed by atoms with Crippen molar-refractivity contribution in [3.8, 4) is 11.3 Å². The van der Waals surface area contributed by atoms with Gasteiger partial charge in [0.15, 0.2) is 5.82 Å². The third-order valence-electron chi connectivity index (χ3n) is 4.98. The first-order chi connectivity index (χ1) is 15.2. The Morgan fingerprint density at radius 1 is 0.871 bits per heavy atom. The van der Waals surface area contributed by atoms with Crippen LogP contribution in [0.25, 0.3) is 11.3 Å². The number of aliphatic hydroxyl groups is 1. The molecule has 0 aliphatic carbocycles. The van der Waals surface area contributed by atoms with E-state index in [4.69, 9.17) is 0 Å². The zero-order valence-corrected chi connectivity index (χ0v) is 17.0. The summed E-state index contributed by atoms with van der Waals surface area (Å²) in [5.41, 5.74) is 3.61. The lowest BCUT2D eigenvalue weighted by Gasteiger charge is -2.16. The standard InChI is InChI=1S/C26H23N3O2/c30-23(17-16-19-10-4-1-5-11-19)29-26-24(25(31)21-14-8-3-9-15-21)28-22(18-27-26)20-12-6-2-7-13-20/h1-15,18,25,31H,16-17H2,(H,27,29,30). The Labute approximate surface area is 181 Å². The second kappa shape index (κ2) is 9.78. The molecule has 31 heavy (non-hydrogen) atoms. The van der Waals surface area contributed by atoms with Gasteiger partial charge in [-0.15, -0.1) is 0 Å². The van der Waals surface area contributed by atoms with Crippen LogP contribution in [0.3, 0.4) is 0 Å². The third-order valence-corrected chi connectivity index (χ3v) is 4.98. The van der Waals surface area contributed by atoms with Crippen molar-refractivity contribution in [3.63, 3.8) is 0 Å². The fraction of sp³-hybridized carbons (Fsp3) is 0.115. The summed E-state index contributed by atoms with van der Waals surface area (Å²) in [5.74, 6) is 0.0984. The lowest BCUT2D eigenvalue weighted by molar-refractivity contribution is -0.116. The largest absolute Gasteiger partial charge is 0.382 e. The predicted molar refractivity (Wildman–Crippen MR) is 121 cm³/mol. The average Bonchev–Trinajstić information content (AvgIpc) is 2.84. The van der Waals surface area contributed by atoms with E-state index in [9.17, 15) is 9.90 Å². The molecule has 3 aromatic carbocycles. The first kappa shape index (κ1) is 20.4. The van der Waals surface area contributed by atoms with Crippen molar-refractivity contribution in [3.05, 3.63) is 114 Å². The molecule has 154 valence electrons. The zero-order chi connectivity index (χ0) is 21.5. The maximum Gasteiger partial charge on any atom is 0.225 e. The molecular weight excluding hydrogens is 386 g/mol. The number of nitrogens with zero attached hydrogens (tertiary/aromatic N) is 2. The van der Waals surface area contributed by atoms with Crippen LogP contribution in [0.2, 0.25) is 0 Å². The highest BCUT2D eigenvalue weighted by Gasteiger charge is 2.20. The van der Waals surface area contributed by atoms with E-state index >= 15 is 0 Å². The maximum atomic E-state index is 12.6. The minimum Gasteiger partial charge on any atom is -0.382 e. The summed E-state index contributed by atoms with van der Waals surface area (Å²) in [4.78, 5) is 21.7. The highest BCUT2D eigenvalue weighted by atomic mass is 16.3. The van der Waals surface area contributed by atoms with Crippen LogP contribution < -0.4 is 5.32 Å². The van der Waals surface area contributed by atoms with Gasteiger partial charge in [-0.05, 0) is 17.5 Å². The molecule has 0 bridgehead atoms. The quantitative estimate of drug-likeness (QED) is 0.460. The van der Waals surface area contributed by atoms with Gasteiger partial charge in [0.2, 0.25) is 5.91 Å². The van der Waals surface area contributed by atoms with Gasteiger partial charge in [-0.3, -0.25) is 4.79 Å². The fourth-order valence-corrected chi connectivity index (χ4v) is 3.33. The third kappa shape index (κ3) is 5.21. The molecule has 5 nitrogen and oxygen atoms in total. The topological polar surface area (TPSA) is 75.1 Å². The molecule has 1 atom stereocenters. The molecule has 0 saturated heterocycles. The van der Waals surface area contributed by atoms with E-state index in [0.717, 1.165) is 11.1 Å². The number of nitrogens with one attached hydrogen (secondary N) is 1. The minimum absolute atomic E-state index is 0.174. The molecule has 1 aromatic heterocycles. The summed E-state index contributed by atoms with van der Waals surface area (Å²) >= 11 is 0. The van der Waals surface area contributed by atoms with Crippen LogP contribution in [-0.2, 0) is 11.2 Å². The number of anilines is 1. The molecular formula is C26H23N3O2. The second-order valence-corrected chi connectivity index (χ2v) is 7.20. The Morgan fingerprint density at radius 2 is 1.48 bits per heavy atom. The first-order valence-corrected chi connectivity index (χ1v) is 10.2. The lowest BCUT2D eigenvalue weighted by Crippen LogP contribution is -2.17. The van der Waals surface area contributed by atoms with E-state index in [1.807, 2.05) is 91.0 Å². The van der Waals surface area contributed by atoms with Crippen molar-refractivity contribution < 1.29 is 9.90 Å². The van der Waals surface area contributed by atoms with Crippen LogP contribution in [0, 0.1) is 0 Å². The number of carbonyl (C=O) groups excluding carboxylic acids is 1. The first-order valence-electron chi connectivity index (χ1n) is 10.2. The molecule has 0 aliphatic heterocycles. The highest BCUT2D eigenvalue weighted by molar-refractivity contribution is 5.90. The van der Waals surface area contributed by atoms with E-state index in [2.05, 4.69) is 15.3 Å². The van der Waals surface area contributed by atoms with E-state index in [1.165, 1.54) is 0 Å². The predicted octanol–water partition coefficient (Wildman–Crippen LogP) is 4.80. The molecule has 0 aliphatic rings.